The molecule has 1 aromatic carbocycles. The van der Waals surface area contributed by atoms with Crippen molar-refractivity contribution in [2.45, 2.75) is 73.1 Å². The molecule has 20 heavy (non-hydrogen) atoms. The van der Waals surface area contributed by atoms with Crippen molar-refractivity contribution >= 4 is 15.9 Å². The smallest absolute Gasteiger partial charge is 0.0403 e. The number of alkyl halides is 1. The molecule has 0 nitrogen and oxygen atoms in total. The Morgan fingerprint density at radius 1 is 1.00 bits per heavy atom. The van der Waals surface area contributed by atoms with Crippen molar-refractivity contribution in [1.82, 2.24) is 0 Å². The summed E-state index contributed by atoms with van der Waals surface area (Å²) in [5, 5.41) is 0. The lowest BCUT2D eigenvalue weighted by atomic mass is 9.82. The SMILES string of the molecule is Cc1cc(C)c(C)c(C(Br)CC(C)CC(C)(C)C)c1C. The molecule has 1 rings (SSSR count). The first-order valence-corrected chi connectivity index (χ1v) is 8.66. The van der Waals surface area contributed by atoms with E-state index in [1.165, 1.54) is 40.7 Å². The van der Waals surface area contributed by atoms with Crippen molar-refractivity contribution in [3.05, 3.63) is 33.9 Å². The van der Waals surface area contributed by atoms with Gasteiger partial charge in [-0.2, -0.15) is 0 Å². The molecule has 2 atom stereocenters. The van der Waals surface area contributed by atoms with E-state index in [1.807, 2.05) is 0 Å². The second kappa shape index (κ2) is 6.64. The van der Waals surface area contributed by atoms with E-state index in [0.29, 0.717) is 10.2 Å². The Bertz CT molecular complexity index is 439. The van der Waals surface area contributed by atoms with Gasteiger partial charge < -0.3 is 0 Å². The minimum atomic E-state index is 0.415. The molecule has 1 aromatic rings. The van der Waals surface area contributed by atoms with E-state index in [4.69, 9.17) is 0 Å². The fourth-order valence-electron chi connectivity index (χ4n) is 3.32. The van der Waals surface area contributed by atoms with Crippen LogP contribution in [-0.2, 0) is 0 Å². The van der Waals surface area contributed by atoms with Gasteiger partial charge >= 0.3 is 0 Å². The van der Waals surface area contributed by atoms with Crippen LogP contribution in [0.5, 0.6) is 0 Å². The quantitative estimate of drug-likeness (QED) is 0.528. The van der Waals surface area contributed by atoms with Crippen molar-refractivity contribution in [2.75, 3.05) is 0 Å². The van der Waals surface area contributed by atoms with E-state index in [9.17, 15) is 0 Å². The molecule has 0 fully saturated rings. The van der Waals surface area contributed by atoms with Crippen LogP contribution < -0.4 is 0 Å². The van der Waals surface area contributed by atoms with Crippen LogP contribution in [-0.4, -0.2) is 0 Å². The Labute approximate surface area is 134 Å². The summed E-state index contributed by atoms with van der Waals surface area (Å²) in [4.78, 5) is 0.471. The number of hydrogen-bond acceptors (Lipinski definition) is 0. The molecule has 0 aliphatic carbocycles. The van der Waals surface area contributed by atoms with Crippen LogP contribution in [0.4, 0.5) is 0 Å². The van der Waals surface area contributed by atoms with Crippen LogP contribution in [0.2, 0.25) is 0 Å². The molecule has 0 bridgehead atoms. The second-order valence-corrected chi connectivity index (χ2v) is 8.85. The van der Waals surface area contributed by atoms with Crippen LogP contribution >= 0.6 is 15.9 Å². The van der Waals surface area contributed by atoms with Gasteiger partial charge in [0, 0.05) is 4.83 Å². The Kier molecular flexibility index (Phi) is 5.89. The van der Waals surface area contributed by atoms with Gasteiger partial charge in [-0.1, -0.05) is 49.7 Å². The molecule has 114 valence electrons. The molecule has 0 saturated heterocycles. The van der Waals surface area contributed by atoms with Gasteiger partial charge in [0.25, 0.3) is 0 Å². The number of aryl methyl sites for hydroxylation is 2. The number of hydrogen-bond donors (Lipinski definition) is 0. The topological polar surface area (TPSA) is 0 Å². The highest BCUT2D eigenvalue weighted by Crippen LogP contribution is 2.39. The van der Waals surface area contributed by atoms with Crippen LogP contribution in [0.1, 0.15) is 73.2 Å². The standard InChI is InChI=1S/C19H31Br/c1-12(11-19(6,7)8)9-17(20)18-15(4)13(2)10-14(3)16(18)5/h10,12,17H,9,11H2,1-8H3. The lowest BCUT2D eigenvalue weighted by molar-refractivity contribution is 0.296. The Balaban J connectivity index is 2.96. The van der Waals surface area contributed by atoms with Gasteiger partial charge in [-0.3, -0.25) is 0 Å². The van der Waals surface area contributed by atoms with Gasteiger partial charge in [0.15, 0.2) is 0 Å². The first-order chi connectivity index (χ1) is 9.03. The molecule has 2 unspecified atom stereocenters. The Hall–Kier alpha value is -0.300. The minimum absolute atomic E-state index is 0.415. The van der Waals surface area contributed by atoms with Gasteiger partial charge in [-0.25, -0.2) is 0 Å². The van der Waals surface area contributed by atoms with E-state index in [0.717, 1.165) is 5.92 Å². The fourth-order valence-corrected chi connectivity index (χ4v) is 4.64. The van der Waals surface area contributed by atoms with Gasteiger partial charge in [0.1, 0.15) is 0 Å². The zero-order valence-corrected chi connectivity index (χ0v) is 16.1. The summed E-state index contributed by atoms with van der Waals surface area (Å²) in [5.74, 6) is 0.735. The summed E-state index contributed by atoms with van der Waals surface area (Å²) in [6.45, 7) is 18.4. The van der Waals surface area contributed by atoms with Crippen molar-refractivity contribution in [2.24, 2.45) is 11.3 Å². The first-order valence-electron chi connectivity index (χ1n) is 7.74. The monoisotopic (exact) mass is 338 g/mol. The third kappa shape index (κ3) is 4.62. The van der Waals surface area contributed by atoms with Crippen LogP contribution in [0.3, 0.4) is 0 Å². The fraction of sp³-hybridized carbons (Fsp3) is 0.684. The molecule has 0 spiro atoms. The molecule has 0 aromatic heterocycles. The summed E-state index contributed by atoms with van der Waals surface area (Å²) in [7, 11) is 0. The molecule has 1 heteroatoms. The van der Waals surface area contributed by atoms with Crippen molar-refractivity contribution in [1.29, 1.82) is 0 Å². The average molecular weight is 339 g/mol. The van der Waals surface area contributed by atoms with Gasteiger partial charge in [-0.15, -0.1) is 0 Å². The third-order valence-electron chi connectivity index (χ3n) is 4.31. The summed E-state index contributed by atoms with van der Waals surface area (Å²) in [6, 6.07) is 2.31. The maximum Gasteiger partial charge on any atom is 0.0403 e. The maximum absolute atomic E-state index is 3.96. The lowest BCUT2D eigenvalue weighted by Gasteiger charge is -2.27. The van der Waals surface area contributed by atoms with Crippen molar-refractivity contribution in [3.63, 3.8) is 0 Å². The van der Waals surface area contributed by atoms with Crippen LogP contribution in [0.25, 0.3) is 0 Å². The molecule has 0 aliphatic heterocycles. The molecule has 0 heterocycles. The average Bonchev–Trinajstić information content (AvgIpc) is 2.23. The highest BCUT2D eigenvalue weighted by Gasteiger charge is 2.21. The van der Waals surface area contributed by atoms with Crippen molar-refractivity contribution < 1.29 is 0 Å². The highest BCUT2D eigenvalue weighted by molar-refractivity contribution is 9.09. The first kappa shape index (κ1) is 17.8. The second-order valence-electron chi connectivity index (χ2n) is 7.75. The summed E-state index contributed by atoms with van der Waals surface area (Å²) in [6.07, 6.45) is 2.49. The van der Waals surface area contributed by atoms with E-state index in [1.54, 1.807) is 0 Å². The highest BCUT2D eigenvalue weighted by atomic mass is 79.9. The minimum Gasteiger partial charge on any atom is -0.0838 e. The summed E-state index contributed by atoms with van der Waals surface area (Å²) < 4.78 is 0. The Morgan fingerprint density at radius 3 is 1.85 bits per heavy atom. The molecular formula is C19H31Br. The molecule has 0 amide bonds. The predicted molar refractivity (Wildman–Crippen MR) is 94.9 cm³/mol. The molecule has 0 saturated carbocycles. The third-order valence-corrected chi connectivity index (χ3v) is 5.14. The largest absolute Gasteiger partial charge is 0.0838 e. The van der Waals surface area contributed by atoms with E-state index < -0.39 is 0 Å². The summed E-state index contributed by atoms with van der Waals surface area (Å²) >= 11 is 3.96. The molecule has 0 N–H and O–H groups in total. The zero-order valence-electron chi connectivity index (χ0n) is 14.5. The lowest BCUT2D eigenvalue weighted by Crippen LogP contribution is -2.13. The predicted octanol–water partition coefficient (Wildman–Crippen LogP) is 6.82. The van der Waals surface area contributed by atoms with Gasteiger partial charge in [-0.05, 0) is 79.7 Å². The van der Waals surface area contributed by atoms with Crippen LogP contribution in [0, 0.1) is 39.0 Å². The number of benzene rings is 1. The van der Waals surface area contributed by atoms with Gasteiger partial charge in [0.2, 0.25) is 0 Å². The zero-order chi connectivity index (χ0) is 15.7. The van der Waals surface area contributed by atoms with E-state index in [-0.39, 0.29) is 0 Å². The van der Waals surface area contributed by atoms with E-state index in [2.05, 4.69) is 77.4 Å². The molecule has 0 aliphatic rings. The summed E-state index contributed by atoms with van der Waals surface area (Å²) in [5.41, 5.74) is 7.67. The van der Waals surface area contributed by atoms with E-state index >= 15 is 0 Å². The van der Waals surface area contributed by atoms with Crippen LogP contribution in [0.15, 0.2) is 6.07 Å². The van der Waals surface area contributed by atoms with Gasteiger partial charge in [0.05, 0.1) is 0 Å². The Morgan fingerprint density at radius 2 is 1.45 bits per heavy atom. The number of halogens is 1. The molecule has 0 radical (unpaired) electrons. The number of rotatable bonds is 4. The maximum atomic E-state index is 3.96. The van der Waals surface area contributed by atoms with Crippen molar-refractivity contribution in [3.8, 4) is 0 Å². The molecular weight excluding hydrogens is 308 g/mol. The normalized spacial score (nSPS) is 15.2.